The zero-order valence-electron chi connectivity index (χ0n) is 9.26. The van der Waals surface area contributed by atoms with Crippen LogP contribution in [-0.2, 0) is 0 Å². The summed E-state index contributed by atoms with van der Waals surface area (Å²) in [5.74, 6) is 0. The lowest BCUT2D eigenvalue weighted by atomic mass is 9.98. The maximum atomic E-state index is 6.17. The maximum Gasteiger partial charge on any atom is 0.0542 e. The van der Waals surface area contributed by atoms with Crippen LogP contribution in [0.2, 0.25) is 5.02 Å². The van der Waals surface area contributed by atoms with Crippen LogP contribution >= 0.6 is 34.2 Å². The van der Waals surface area contributed by atoms with Crippen LogP contribution in [-0.4, -0.2) is 7.05 Å². The molecule has 1 aromatic rings. The van der Waals surface area contributed by atoms with Gasteiger partial charge in [0.05, 0.1) is 11.1 Å². The average molecular weight is 348 g/mol. The summed E-state index contributed by atoms with van der Waals surface area (Å²) < 4.78 is 1.11. The van der Waals surface area contributed by atoms with Crippen LogP contribution < -0.4 is 5.32 Å². The normalized spacial score (nSPS) is 17.3. The Hall–Kier alpha value is -0.0600. The summed E-state index contributed by atoms with van der Waals surface area (Å²) in [5, 5.41) is 4.22. The smallest absolute Gasteiger partial charge is 0.0542 e. The predicted molar refractivity (Wildman–Crippen MR) is 77.9 cm³/mol. The molecule has 1 N–H and O–H groups in total. The zero-order valence-corrected chi connectivity index (χ0v) is 12.2. The SMILES string of the molecule is CNC(C1=CCCC1)c1ccc(I)c(Cl)c1. The van der Waals surface area contributed by atoms with Crippen molar-refractivity contribution in [3.05, 3.63) is 44.0 Å². The Balaban J connectivity index is 2.29. The summed E-state index contributed by atoms with van der Waals surface area (Å²) in [6.07, 6.45) is 6.05. The fourth-order valence-corrected chi connectivity index (χ4v) is 2.74. The molecule has 1 nitrogen and oxygen atoms in total. The monoisotopic (exact) mass is 347 g/mol. The third-order valence-corrected chi connectivity index (χ3v) is 4.58. The fourth-order valence-electron chi connectivity index (χ4n) is 2.22. The van der Waals surface area contributed by atoms with Crippen molar-refractivity contribution in [2.24, 2.45) is 0 Å². The molecule has 2 rings (SSSR count). The second-order valence-electron chi connectivity index (χ2n) is 4.07. The first-order chi connectivity index (χ1) is 7.72. The molecule has 1 aliphatic rings. The van der Waals surface area contributed by atoms with Gasteiger partial charge >= 0.3 is 0 Å². The molecular weight excluding hydrogens is 333 g/mol. The van der Waals surface area contributed by atoms with Crippen LogP contribution in [0.25, 0.3) is 0 Å². The summed E-state index contributed by atoms with van der Waals surface area (Å²) in [7, 11) is 2.01. The minimum absolute atomic E-state index is 0.331. The van der Waals surface area contributed by atoms with Gasteiger partial charge in [0.15, 0.2) is 0 Å². The minimum atomic E-state index is 0.331. The number of hydrogen-bond donors (Lipinski definition) is 1. The maximum absolute atomic E-state index is 6.17. The Labute approximate surface area is 115 Å². The number of halogens is 2. The number of benzene rings is 1. The van der Waals surface area contributed by atoms with Gasteiger partial charge in [0.25, 0.3) is 0 Å². The second-order valence-corrected chi connectivity index (χ2v) is 5.64. The molecule has 1 aliphatic carbocycles. The van der Waals surface area contributed by atoms with E-state index in [1.165, 1.54) is 30.4 Å². The zero-order chi connectivity index (χ0) is 11.5. The molecule has 1 atom stereocenters. The van der Waals surface area contributed by atoms with Gasteiger partial charge in [-0.1, -0.05) is 29.3 Å². The van der Waals surface area contributed by atoms with Crippen LogP contribution in [0, 0.1) is 3.57 Å². The summed E-state index contributed by atoms with van der Waals surface area (Å²) in [4.78, 5) is 0. The van der Waals surface area contributed by atoms with Gasteiger partial charge in [-0.2, -0.15) is 0 Å². The van der Waals surface area contributed by atoms with Gasteiger partial charge in [-0.15, -0.1) is 0 Å². The van der Waals surface area contributed by atoms with E-state index in [2.05, 4.69) is 52.2 Å². The van der Waals surface area contributed by atoms with Crippen LogP contribution in [0.1, 0.15) is 30.9 Å². The summed E-state index contributed by atoms with van der Waals surface area (Å²) in [5.41, 5.74) is 2.76. The van der Waals surface area contributed by atoms with E-state index in [1.54, 1.807) is 0 Å². The van der Waals surface area contributed by atoms with E-state index in [0.29, 0.717) is 6.04 Å². The van der Waals surface area contributed by atoms with E-state index in [9.17, 15) is 0 Å². The molecule has 0 radical (unpaired) electrons. The van der Waals surface area contributed by atoms with Gasteiger partial charge in [-0.25, -0.2) is 0 Å². The molecular formula is C13H15ClIN. The van der Waals surface area contributed by atoms with Gasteiger partial charge in [0.1, 0.15) is 0 Å². The fraction of sp³-hybridized carbons (Fsp3) is 0.385. The van der Waals surface area contributed by atoms with Gasteiger partial charge in [0, 0.05) is 3.57 Å². The Morgan fingerprint density at radius 2 is 2.25 bits per heavy atom. The van der Waals surface area contributed by atoms with Gasteiger partial charge in [0.2, 0.25) is 0 Å². The third kappa shape index (κ3) is 2.60. The molecule has 0 spiro atoms. The molecule has 0 bridgehead atoms. The largest absolute Gasteiger partial charge is 0.310 e. The van der Waals surface area contributed by atoms with E-state index in [0.717, 1.165) is 8.59 Å². The van der Waals surface area contributed by atoms with Crippen molar-refractivity contribution in [2.45, 2.75) is 25.3 Å². The summed E-state index contributed by atoms with van der Waals surface area (Å²) >= 11 is 8.42. The summed E-state index contributed by atoms with van der Waals surface area (Å²) in [6, 6.07) is 6.65. The molecule has 16 heavy (non-hydrogen) atoms. The number of likely N-dealkylation sites (N-methyl/N-ethyl adjacent to an activating group) is 1. The van der Waals surface area contributed by atoms with Crippen molar-refractivity contribution in [2.75, 3.05) is 7.05 Å². The van der Waals surface area contributed by atoms with E-state index in [-0.39, 0.29) is 0 Å². The standard InChI is InChI=1S/C13H15ClIN/c1-16-13(9-4-2-3-5-9)10-6-7-12(15)11(14)8-10/h4,6-8,13,16H,2-3,5H2,1H3. The van der Waals surface area contributed by atoms with Crippen molar-refractivity contribution in [1.29, 1.82) is 0 Å². The van der Waals surface area contributed by atoms with Gasteiger partial charge < -0.3 is 5.32 Å². The Morgan fingerprint density at radius 3 is 2.81 bits per heavy atom. The Bertz CT molecular complexity index is 414. The second kappa shape index (κ2) is 5.52. The van der Waals surface area contributed by atoms with Crippen LogP contribution in [0.5, 0.6) is 0 Å². The first kappa shape index (κ1) is 12.4. The lowest BCUT2D eigenvalue weighted by molar-refractivity contribution is 0.656. The van der Waals surface area contributed by atoms with Crippen LogP contribution in [0.3, 0.4) is 0 Å². The molecule has 0 saturated carbocycles. The van der Waals surface area contributed by atoms with Crippen molar-refractivity contribution >= 4 is 34.2 Å². The average Bonchev–Trinajstić information content (AvgIpc) is 2.78. The van der Waals surface area contributed by atoms with E-state index in [1.807, 2.05) is 7.05 Å². The quantitative estimate of drug-likeness (QED) is 0.634. The first-order valence-corrected chi connectivity index (χ1v) is 6.99. The molecule has 0 heterocycles. The molecule has 0 amide bonds. The molecule has 0 aromatic heterocycles. The minimum Gasteiger partial charge on any atom is -0.310 e. The molecule has 0 fully saturated rings. The number of nitrogens with one attached hydrogen (secondary N) is 1. The number of allylic oxidation sites excluding steroid dienone is 1. The van der Waals surface area contributed by atoms with E-state index in [4.69, 9.17) is 11.6 Å². The van der Waals surface area contributed by atoms with Crippen molar-refractivity contribution < 1.29 is 0 Å². The molecule has 1 unspecified atom stereocenters. The molecule has 1 aromatic carbocycles. The van der Waals surface area contributed by atoms with Crippen LogP contribution in [0.4, 0.5) is 0 Å². The third-order valence-electron chi connectivity index (χ3n) is 3.01. The highest BCUT2D eigenvalue weighted by Gasteiger charge is 2.17. The summed E-state index contributed by atoms with van der Waals surface area (Å²) in [6.45, 7) is 0. The molecule has 86 valence electrons. The Morgan fingerprint density at radius 1 is 1.44 bits per heavy atom. The Kier molecular flexibility index (Phi) is 4.27. The van der Waals surface area contributed by atoms with E-state index >= 15 is 0 Å². The predicted octanol–water partition coefficient (Wildman–Crippen LogP) is 4.32. The highest BCUT2D eigenvalue weighted by atomic mass is 127. The first-order valence-electron chi connectivity index (χ1n) is 5.53. The molecule has 3 heteroatoms. The van der Waals surface area contributed by atoms with Gasteiger partial charge in [-0.05, 0) is 66.6 Å². The van der Waals surface area contributed by atoms with Crippen LogP contribution in [0.15, 0.2) is 29.8 Å². The van der Waals surface area contributed by atoms with E-state index < -0.39 is 0 Å². The highest BCUT2D eigenvalue weighted by Crippen LogP contribution is 2.32. The number of hydrogen-bond acceptors (Lipinski definition) is 1. The lowest BCUT2D eigenvalue weighted by Gasteiger charge is -2.18. The van der Waals surface area contributed by atoms with Crippen molar-refractivity contribution in [3.8, 4) is 0 Å². The number of rotatable bonds is 3. The van der Waals surface area contributed by atoms with Crippen molar-refractivity contribution in [1.82, 2.24) is 5.32 Å². The van der Waals surface area contributed by atoms with Gasteiger partial charge in [-0.3, -0.25) is 0 Å². The molecule has 0 aliphatic heterocycles. The lowest BCUT2D eigenvalue weighted by Crippen LogP contribution is -2.18. The topological polar surface area (TPSA) is 12.0 Å². The molecule has 0 saturated heterocycles. The highest BCUT2D eigenvalue weighted by molar-refractivity contribution is 14.1. The van der Waals surface area contributed by atoms with Crippen molar-refractivity contribution in [3.63, 3.8) is 0 Å².